The third-order valence-electron chi connectivity index (χ3n) is 3.75. The molecule has 0 aliphatic carbocycles. The van der Waals surface area contributed by atoms with Gasteiger partial charge in [-0.1, -0.05) is 12.1 Å². The molecule has 3 rings (SSSR count). The Kier molecular flexibility index (Phi) is 4.63. The van der Waals surface area contributed by atoms with Crippen molar-refractivity contribution in [2.24, 2.45) is 0 Å². The van der Waals surface area contributed by atoms with Gasteiger partial charge in [-0.2, -0.15) is 0 Å². The molecular formula is C15H19N5O3S. The van der Waals surface area contributed by atoms with E-state index in [1.165, 1.54) is 6.26 Å². The summed E-state index contributed by atoms with van der Waals surface area (Å²) in [6.45, 7) is 1.98. The number of ether oxygens (including phenoxy) is 1. The monoisotopic (exact) mass is 349 g/mol. The zero-order chi connectivity index (χ0) is 17.2. The zero-order valence-corrected chi connectivity index (χ0v) is 14.1. The van der Waals surface area contributed by atoms with E-state index in [0.29, 0.717) is 37.0 Å². The van der Waals surface area contributed by atoms with Crippen LogP contribution in [0.4, 0.5) is 0 Å². The zero-order valence-electron chi connectivity index (χ0n) is 13.3. The lowest BCUT2D eigenvalue weighted by Gasteiger charge is -2.15. The fourth-order valence-electron chi connectivity index (χ4n) is 2.49. The summed E-state index contributed by atoms with van der Waals surface area (Å²) in [6, 6.07) is 6.91. The first-order chi connectivity index (χ1) is 11.4. The minimum atomic E-state index is -2.76. The summed E-state index contributed by atoms with van der Waals surface area (Å²) in [7, 11) is -2.76. The largest absolute Gasteiger partial charge is 0.372 e. The van der Waals surface area contributed by atoms with E-state index in [-0.39, 0.29) is 12.3 Å². The number of rotatable bonds is 5. The van der Waals surface area contributed by atoms with E-state index in [1.807, 2.05) is 10.6 Å². The summed E-state index contributed by atoms with van der Waals surface area (Å²) in [4.78, 5) is 12.6. The number of benzene rings is 1. The van der Waals surface area contributed by atoms with Crippen molar-refractivity contribution in [2.45, 2.75) is 31.0 Å². The predicted molar refractivity (Wildman–Crippen MR) is 86.7 cm³/mol. The maximum atomic E-state index is 12.1. The van der Waals surface area contributed by atoms with Gasteiger partial charge in [0.15, 0.2) is 5.82 Å². The average molecular weight is 349 g/mol. The van der Waals surface area contributed by atoms with Crippen LogP contribution in [0.15, 0.2) is 29.2 Å². The topological polar surface area (TPSA) is 110 Å². The lowest BCUT2D eigenvalue weighted by molar-refractivity contribution is -0.120. The van der Waals surface area contributed by atoms with Gasteiger partial charge < -0.3 is 14.6 Å². The van der Waals surface area contributed by atoms with Crippen LogP contribution < -0.4 is 5.32 Å². The highest BCUT2D eigenvalue weighted by atomic mass is 32.2. The molecule has 1 aromatic carbocycles. The minimum absolute atomic E-state index is 0.148. The van der Waals surface area contributed by atoms with Crippen LogP contribution in [0.25, 0.3) is 0 Å². The Morgan fingerprint density at radius 3 is 3.08 bits per heavy atom. The van der Waals surface area contributed by atoms with Gasteiger partial charge in [-0.3, -0.25) is 4.79 Å². The van der Waals surface area contributed by atoms with Gasteiger partial charge in [-0.15, -0.1) is 10.2 Å². The van der Waals surface area contributed by atoms with Crippen LogP contribution in [0, 0.1) is 4.78 Å². The molecule has 8 nitrogen and oxygen atoms in total. The van der Waals surface area contributed by atoms with Gasteiger partial charge in [0.1, 0.15) is 12.4 Å². The SMILES string of the molecule is CS(=N)(=O)c1cccc(CNC(=O)Cc2nnc3n2CCOC3)c1. The third-order valence-corrected chi connectivity index (χ3v) is 4.90. The van der Waals surface area contributed by atoms with Gasteiger partial charge in [0.25, 0.3) is 0 Å². The predicted octanol–water partition coefficient (Wildman–Crippen LogP) is 0.703. The smallest absolute Gasteiger partial charge is 0.227 e. The summed E-state index contributed by atoms with van der Waals surface area (Å²) >= 11 is 0. The normalized spacial score (nSPS) is 16.2. The molecule has 0 spiro atoms. The Morgan fingerprint density at radius 2 is 2.29 bits per heavy atom. The second kappa shape index (κ2) is 6.70. The van der Waals surface area contributed by atoms with E-state index >= 15 is 0 Å². The Balaban J connectivity index is 1.61. The van der Waals surface area contributed by atoms with Crippen LogP contribution >= 0.6 is 0 Å². The number of fused-ring (bicyclic) bond motifs is 1. The van der Waals surface area contributed by atoms with Crippen LogP contribution in [-0.4, -0.2) is 37.7 Å². The molecule has 2 heterocycles. The number of amides is 1. The molecule has 1 aliphatic rings. The van der Waals surface area contributed by atoms with Crippen LogP contribution in [0.3, 0.4) is 0 Å². The summed E-state index contributed by atoms with van der Waals surface area (Å²) in [5.41, 5.74) is 0.805. The van der Waals surface area contributed by atoms with Crippen LogP contribution in [0.2, 0.25) is 0 Å². The molecule has 24 heavy (non-hydrogen) atoms. The Bertz CT molecular complexity index is 860. The number of carbonyl (C=O) groups is 1. The van der Waals surface area contributed by atoms with Gasteiger partial charge in [-0.25, -0.2) is 8.99 Å². The molecule has 1 aromatic heterocycles. The van der Waals surface area contributed by atoms with E-state index in [4.69, 9.17) is 9.52 Å². The lowest BCUT2D eigenvalue weighted by Crippen LogP contribution is -2.27. The molecule has 0 saturated carbocycles. The summed E-state index contributed by atoms with van der Waals surface area (Å²) in [5.74, 6) is 1.21. The highest BCUT2D eigenvalue weighted by Gasteiger charge is 2.18. The van der Waals surface area contributed by atoms with Crippen LogP contribution in [0.1, 0.15) is 17.2 Å². The van der Waals surface area contributed by atoms with E-state index < -0.39 is 9.73 Å². The average Bonchev–Trinajstić information content (AvgIpc) is 2.96. The fourth-order valence-corrected chi connectivity index (χ4v) is 3.21. The van der Waals surface area contributed by atoms with Crippen LogP contribution in [-0.2, 0) is 45.4 Å². The summed E-state index contributed by atoms with van der Waals surface area (Å²) < 4.78 is 26.6. The Hall–Kier alpha value is -2.26. The van der Waals surface area contributed by atoms with Crippen LogP contribution in [0.5, 0.6) is 0 Å². The van der Waals surface area contributed by atoms with Crippen molar-refractivity contribution in [2.75, 3.05) is 12.9 Å². The second-order valence-corrected chi connectivity index (χ2v) is 7.84. The number of hydrogen-bond acceptors (Lipinski definition) is 6. The maximum absolute atomic E-state index is 12.1. The molecule has 2 N–H and O–H groups in total. The van der Waals surface area contributed by atoms with Crippen molar-refractivity contribution < 1.29 is 13.7 Å². The Morgan fingerprint density at radius 1 is 1.46 bits per heavy atom. The summed E-state index contributed by atoms with van der Waals surface area (Å²) in [5, 5.41) is 10.9. The van der Waals surface area contributed by atoms with E-state index in [1.54, 1.807) is 18.2 Å². The Labute approximate surface area is 140 Å². The van der Waals surface area contributed by atoms with E-state index in [2.05, 4.69) is 15.5 Å². The van der Waals surface area contributed by atoms with Gasteiger partial charge in [0.05, 0.1) is 22.8 Å². The first-order valence-electron chi connectivity index (χ1n) is 7.51. The molecule has 0 bridgehead atoms. The standard InChI is InChI=1S/C15H19N5O3S/c1-24(16,22)12-4-2-3-11(7-12)9-17-15(21)8-13-18-19-14-10-23-6-5-20(13)14/h2-4,7,16H,5-6,8-10H2,1H3,(H,17,21). The molecule has 0 saturated heterocycles. The number of nitrogens with one attached hydrogen (secondary N) is 2. The molecule has 1 amide bonds. The van der Waals surface area contributed by atoms with Gasteiger partial charge in [-0.05, 0) is 17.7 Å². The van der Waals surface area contributed by atoms with Crippen molar-refractivity contribution >= 4 is 15.6 Å². The molecule has 128 valence electrons. The number of carbonyl (C=O) groups excluding carboxylic acids is 1. The quantitative estimate of drug-likeness (QED) is 0.826. The first-order valence-corrected chi connectivity index (χ1v) is 9.48. The van der Waals surface area contributed by atoms with Gasteiger partial charge in [0, 0.05) is 24.2 Å². The molecule has 9 heteroatoms. The van der Waals surface area contributed by atoms with Crippen molar-refractivity contribution in [3.05, 3.63) is 41.5 Å². The lowest BCUT2D eigenvalue weighted by atomic mass is 10.2. The summed E-state index contributed by atoms with van der Waals surface area (Å²) in [6.07, 6.45) is 1.53. The molecule has 1 aliphatic heterocycles. The first kappa shape index (κ1) is 16.6. The minimum Gasteiger partial charge on any atom is -0.372 e. The fraction of sp³-hybridized carbons (Fsp3) is 0.400. The molecule has 1 atom stereocenters. The van der Waals surface area contributed by atoms with Crippen molar-refractivity contribution in [3.8, 4) is 0 Å². The highest BCUT2D eigenvalue weighted by molar-refractivity contribution is 7.91. The highest BCUT2D eigenvalue weighted by Crippen LogP contribution is 2.12. The molecule has 1 unspecified atom stereocenters. The van der Waals surface area contributed by atoms with Crippen molar-refractivity contribution in [1.82, 2.24) is 20.1 Å². The molecule has 0 fully saturated rings. The number of nitrogens with zero attached hydrogens (tertiary/aromatic N) is 3. The number of hydrogen-bond donors (Lipinski definition) is 2. The molecule has 0 radical (unpaired) electrons. The maximum Gasteiger partial charge on any atom is 0.227 e. The number of aromatic nitrogens is 3. The van der Waals surface area contributed by atoms with Gasteiger partial charge in [0.2, 0.25) is 5.91 Å². The van der Waals surface area contributed by atoms with Crippen molar-refractivity contribution in [1.29, 1.82) is 4.78 Å². The molecule has 2 aromatic rings. The van der Waals surface area contributed by atoms with Gasteiger partial charge >= 0.3 is 0 Å². The molecular weight excluding hydrogens is 330 g/mol. The third kappa shape index (κ3) is 3.80. The second-order valence-electron chi connectivity index (χ2n) is 5.68. The van der Waals surface area contributed by atoms with Crippen molar-refractivity contribution in [3.63, 3.8) is 0 Å². The van der Waals surface area contributed by atoms with E-state index in [9.17, 15) is 9.00 Å². The van der Waals surface area contributed by atoms with E-state index in [0.717, 1.165) is 11.4 Å².